The number of hydrogen-bond acceptors (Lipinski definition) is 3. The van der Waals surface area contributed by atoms with Crippen LogP contribution in [0.3, 0.4) is 0 Å². The Kier molecular flexibility index (Phi) is 4.32. The highest BCUT2D eigenvalue weighted by Crippen LogP contribution is 2.20. The fourth-order valence-corrected chi connectivity index (χ4v) is 2.81. The first kappa shape index (κ1) is 14.5. The number of aromatic nitrogens is 2. The van der Waals surface area contributed by atoms with Gasteiger partial charge in [0.25, 0.3) is 5.91 Å². The van der Waals surface area contributed by atoms with Crippen LogP contribution in [0.15, 0.2) is 36.8 Å². The van der Waals surface area contributed by atoms with Gasteiger partial charge in [0.1, 0.15) is 0 Å². The Bertz CT molecular complexity index is 664. The number of H-pyrrole nitrogens is 1. The molecular formula is C17H19N3O2. The lowest BCUT2D eigenvalue weighted by atomic mass is 9.98. The van der Waals surface area contributed by atoms with Crippen LogP contribution in [-0.4, -0.2) is 33.2 Å². The fraction of sp³-hybridized carbons (Fsp3) is 0.353. The molecule has 0 bridgehead atoms. The van der Waals surface area contributed by atoms with Gasteiger partial charge < -0.3 is 4.98 Å². The number of imidazole rings is 1. The number of hydrogen-bond donors (Lipinski definition) is 1. The van der Waals surface area contributed by atoms with Gasteiger partial charge in [-0.1, -0.05) is 24.6 Å². The van der Waals surface area contributed by atoms with Crippen LogP contribution in [0.2, 0.25) is 0 Å². The molecular weight excluding hydrogens is 278 g/mol. The smallest absolute Gasteiger partial charge is 0.260 e. The fourth-order valence-electron chi connectivity index (χ4n) is 2.81. The van der Waals surface area contributed by atoms with Gasteiger partial charge in [-0.05, 0) is 30.9 Å². The number of unbranched alkanes of at least 4 members (excludes halogenated alkanes) is 2. The van der Waals surface area contributed by atoms with E-state index in [9.17, 15) is 9.59 Å². The van der Waals surface area contributed by atoms with Crippen molar-refractivity contribution in [3.63, 3.8) is 0 Å². The van der Waals surface area contributed by atoms with Crippen molar-refractivity contribution in [3.8, 4) is 0 Å². The molecule has 2 aromatic rings. The van der Waals surface area contributed by atoms with Gasteiger partial charge in [0, 0.05) is 24.0 Å². The van der Waals surface area contributed by atoms with Crippen LogP contribution in [0.1, 0.15) is 40.9 Å². The summed E-state index contributed by atoms with van der Waals surface area (Å²) in [5, 5.41) is 0. The molecule has 0 atom stereocenters. The van der Waals surface area contributed by atoms with Gasteiger partial charge in [0.2, 0.25) is 5.91 Å². The Labute approximate surface area is 129 Å². The zero-order valence-corrected chi connectivity index (χ0v) is 12.4. The number of benzene rings is 1. The minimum Gasteiger partial charge on any atom is -0.348 e. The molecule has 2 amide bonds. The van der Waals surface area contributed by atoms with Crippen LogP contribution in [0.5, 0.6) is 0 Å². The Morgan fingerprint density at radius 2 is 2.00 bits per heavy atom. The molecule has 3 rings (SSSR count). The highest BCUT2D eigenvalue weighted by molar-refractivity contribution is 6.09. The molecule has 1 aliphatic heterocycles. The third-order valence-corrected chi connectivity index (χ3v) is 4.02. The second-order valence-electron chi connectivity index (χ2n) is 5.57. The van der Waals surface area contributed by atoms with Crippen LogP contribution in [0.25, 0.3) is 0 Å². The maximum atomic E-state index is 12.4. The van der Waals surface area contributed by atoms with Crippen molar-refractivity contribution in [2.75, 3.05) is 6.54 Å². The third-order valence-electron chi connectivity index (χ3n) is 4.02. The summed E-state index contributed by atoms with van der Waals surface area (Å²) in [7, 11) is 0. The van der Waals surface area contributed by atoms with Gasteiger partial charge in [-0.2, -0.15) is 0 Å². The average molecular weight is 297 g/mol. The van der Waals surface area contributed by atoms with Crippen molar-refractivity contribution in [3.05, 3.63) is 53.6 Å². The molecule has 1 N–H and O–H groups in total. The number of rotatable bonds is 6. The second-order valence-corrected chi connectivity index (χ2v) is 5.57. The number of nitrogens with zero attached hydrogens (tertiary/aromatic N) is 2. The highest BCUT2D eigenvalue weighted by atomic mass is 16.2. The topological polar surface area (TPSA) is 66.1 Å². The van der Waals surface area contributed by atoms with Crippen LogP contribution in [0.4, 0.5) is 0 Å². The van der Waals surface area contributed by atoms with E-state index in [1.54, 1.807) is 12.4 Å². The van der Waals surface area contributed by atoms with Crippen LogP contribution >= 0.6 is 0 Å². The van der Waals surface area contributed by atoms with E-state index in [2.05, 4.69) is 9.97 Å². The summed E-state index contributed by atoms with van der Waals surface area (Å²) in [4.78, 5) is 32.9. The summed E-state index contributed by atoms with van der Waals surface area (Å²) >= 11 is 0. The molecule has 1 aromatic heterocycles. The van der Waals surface area contributed by atoms with Gasteiger partial charge in [0.05, 0.1) is 12.7 Å². The van der Waals surface area contributed by atoms with E-state index in [-0.39, 0.29) is 11.8 Å². The molecule has 1 aromatic carbocycles. The number of aromatic amines is 1. The van der Waals surface area contributed by atoms with Crippen molar-refractivity contribution < 1.29 is 9.59 Å². The highest BCUT2D eigenvalue weighted by Gasteiger charge is 2.29. The Balaban J connectivity index is 1.50. The van der Waals surface area contributed by atoms with Crippen molar-refractivity contribution in [1.29, 1.82) is 0 Å². The van der Waals surface area contributed by atoms with E-state index in [4.69, 9.17) is 0 Å². The van der Waals surface area contributed by atoms with Gasteiger partial charge in [0.15, 0.2) is 0 Å². The molecule has 0 fully saturated rings. The first-order chi connectivity index (χ1) is 10.8. The van der Waals surface area contributed by atoms with Gasteiger partial charge in [-0.25, -0.2) is 4.98 Å². The van der Waals surface area contributed by atoms with Crippen molar-refractivity contribution in [2.45, 2.75) is 32.1 Å². The average Bonchev–Trinajstić information content (AvgIpc) is 3.03. The largest absolute Gasteiger partial charge is 0.348 e. The Morgan fingerprint density at radius 1 is 1.14 bits per heavy atom. The summed E-state index contributed by atoms with van der Waals surface area (Å²) < 4.78 is 0. The zero-order valence-electron chi connectivity index (χ0n) is 12.4. The van der Waals surface area contributed by atoms with Gasteiger partial charge in [-0.15, -0.1) is 0 Å². The van der Waals surface area contributed by atoms with Gasteiger partial charge >= 0.3 is 0 Å². The summed E-state index contributed by atoms with van der Waals surface area (Å²) in [6, 6.07) is 7.36. The minimum absolute atomic E-state index is 0.0859. The number of fused-ring (bicyclic) bond motifs is 1. The van der Waals surface area contributed by atoms with E-state index in [0.29, 0.717) is 18.5 Å². The summed E-state index contributed by atoms with van der Waals surface area (Å²) in [5.41, 5.74) is 2.63. The van der Waals surface area contributed by atoms with Crippen LogP contribution < -0.4 is 0 Å². The number of amides is 2. The number of imide groups is 1. The summed E-state index contributed by atoms with van der Waals surface area (Å²) in [5.74, 6) is -0.238. The lowest BCUT2D eigenvalue weighted by molar-refractivity contribution is -0.128. The predicted molar refractivity (Wildman–Crippen MR) is 82.3 cm³/mol. The number of nitrogens with one attached hydrogen (secondary N) is 1. The molecule has 5 nitrogen and oxygen atoms in total. The lowest BCUT2D eigenvalue weighted by Crippen LogP contribution is -2.42. The Morgan fingerprint density at radius 3 is 2.82 bits per heavy atom. The zero-order chi connectivity index (χ0) is 15.4. The van der Waals surface area contributed by atoms with E-state index in [1.807, 2.05) is 24.4 Å². The first-order valence-electron chi connectivity index (χ1n) is 7.65. The maximum absolute atomic E-state index is 12.4. The number of carbonyl (C=O) groups excluding carboxylic acids is 2. The van der Waals surface area contributed by atoms with E-state index in [1.165, 1.54) is 4.90 Å². The number of carbonyl (C=O) groups is 2. The van der Waals surface area contributed by atoms with E-state index in [0.717, 1.165) is 36.9 Å². The maximum Gasteiger partial charge on any atom is 0.260 e. The predicted octanol–water partition coefficient (Wildman–Crippen LogP) is 2.35. The standard InChI is InChI=1S/C17H19N3O2/c21-16-10-13-6-3-4-8-15(13)17(22)20(16)9-5-1-2-7-14-11-18-12-19-14/h3-4,6,8,11-12H,1-2,5,7,9-10H2,(H,18,19). The minimum atomic E-state index is -0.152. The normalized spacial score (nSPS) is 14.3. The van der Waals surface area contributed by atoms with Crippen LogP contribution in [-0.2, 0) is 17.6 Å². The molecule has 5 heteroatoms. The molecule has 0 saturated heterocycles. The van der Waals surface area contributed by atoms with E-state index < -0.39 is 0 Å². The quantitative estimate of drug-likeness (QED) is 0.657. The molecule has 0 spiro atoms. The molecule has 1 aliphatic rings. The van der Waals surface area contributed by atoms with Crippen molar-refractivity contribution in [1.82, 2.24) is 14.9 Å². The molecule has 0 unspecified atom stereocenters. The van der Waals surface area contributed by atoms with E-state index >= 15 is 0 Å². The lowest BCUT2D eigenvalue weighted by Gasteiger charge is -2.26. The van der Waals surface area contributed by atoms with Crippen molar-refractivity contribution in [2.24, 2.45) is 0 Å². The molecule has 2 heterocycles. The van der Waals surface area contributed by atoms with Crippen LogP contribution in [0, 0.1) is 0 Å². The summed E-state index contributed by atoms with van der Waals surface area (Å²) in [6.45, 7) is 0.509. The Hall–Kier alpha value is -2.43. The monoisotopic (exact) mass is 297 g/mol. The number of aryl methyl sites for hydroxylation is 1. The second kappa shape index (κ2) is 6.56. The molecule has 0 radical (unpaired) electrons. The molecule has 22 heavy (non-hydrogen) atoms. The van der Waals surface area contributed by atoms with Gasteiger partial charge in [-0.3, -0.25) is 14.5 Å². The van der Waals surface area contributed by atoms with Crippen molar-refractivity contribution >= 4 is 11.8 Å². The molecule has 0 saturated carbocycles. The molecule has 0 aliphatic carbocycles. The third kappa shape index (κ3) is 3.08. The SMILES string of the molecule is O=C1Cc2ccccc2C(=O)N1CCCCCc1cnc[nH]1. The first-order valence-corrected chi connectivity index (χ1v) is 7.65. The molecule has 114 valence electrons. The summed E-state index contributed by atoms with van der Waals surface area (Å²) in [6.07, 6.45) is 7.63.